The summed E-state index contributed by atoms with van der Waals surface area (Å²) in [5.74, 6) is 2.02. The number of amides is 1. The van der Waals surface area contributed by atoms with E-state index in [1.807, 2.05) is 0 Å². The number of carbonyl (C=O) groups is 1. The molecule has 1 amide bonds. The molecular formula is C21H36N6O. The van der Waals surface area contributed by atoms with Crippen LogP contribution in [0.25, 0.3) is 0 Å². The predicted octanol–water partition coefficient (Wildman–Crippen LogP) is 3.14. The van der Waals surface area contributed by atoms with E-state index >= 15 is 0 Å². The van der Waals surface area contributed by atoms with Crippen LogP contribution in [0.1, 0.15) is 88.9 Å². The average molecular weight is 389 g/mol. The lowest BCUT2D eigenvalue weighted by molar-refractivity contribution is -0.131. The molecule has 1 unspecified atom stereocenters. The van der Waals surface area contributed by atoms with Crippen LogP contribution in [0.5, 0.6) is 0 Å². The van der Waals surface area contributed by atoms with Crippen molar-refractivity contribution in [2.24, 2.45) is 5.92 Å². The number of likely N-dealkylation sites (tertiary alicyclic amines) is 1. The zero-order valence-electron chi connectivity index (χ0n) is 17.6. The Morgan fingerprint density at radius 3 is 2.54 bits per heavy atom. The maximum Gasteiger partial charge on any atom is 0.222 e. The molecule has 1 saturated heterocycles. The minimum atomic E-state index is -0.271. The first-order valence-electron chi connectivity index (χ1n) is 11.3. The zero-order chi connectivity index (χ0) is 19.6. The van der Waals surface area contributed by atoms with Crippen molar-refractivity contribution in [2.45, 2.75) is 88.6 Å². The van der Waals surface area contributed by atoms with Crippen LogP contribution in [0.3, 0.4) is 0 Å². The molecule has 7 nitrogen and oxygen atoms in total. The summed E-state index contributed by atoms with van der Waals surface area (Å²) in [5, 5.41) is 12.9. The van der Waals surface area contributed by atoms with E-state index in [-0.39, 0.29) is 5.54 Å². The maximum atomic E-state index is 13.0. The Morgan fingerprint density at radius 1 is 1.11 bits per heavy atom. The molecule has 0 radical (unpaired) electrons. The maximum absolute atomic E-state index is 13.0. The number of nitrogens with zero attached hydrogens (tertiary/aromatic N) is 6. The van der Waals surface area contributed by atoms with Gasteiger partial charge in [0, 0.05) is 19.5 Å². The highest BCUT2D eigenvalue weighted by Gasteiger charge is 2.47. The fourth-order valence-corrected chi connectivity index (χ4v) is 5.61. The molecule has 2 heterocycles. The molecule has 28 heavy (non-hydrogen) atoms. The molecule has 0 N–H and O–H groups in total. The fraction of sp³-hybridized carbons (Fsp3) is 0.905. The predicted molar refractivity (Wildman–Crippen MR) is 108 cm³/mol. The Labute approximate surface area is 168 Å². The third-order valence-corrected chi connectivity index (χ3v) is 7.53. The summed E-state index contributed by atoms with van der Waals surface area (Å²) in [5.41, 5.74) is -0.271. The molecule has 1 aromatic rings. The number of carbonyl (C=O) groups excluding carboxylic acids is 1. The van der Waals surface area contributed by atoms with Gasteiger partial charge in [-0.3, -0.25) is 9.69 Å². The van der Waals surface area contributed by atoms with Crippen LogP contribution in [0, 0.1) is 5.92 Å². The van der Waals surface area contributed by atoms with Crippen LogP contribution in [0.2, 0.25) is 0 Å². The van der Waals surface area contributed by atoms with Crippen molar-refractivity contribution >= 4 is 5.91 Å². The molecule has 2 aliphatic carbocycles. The van der Waals surface area contributed by atoms with E-state index in [0.717, 1.165) is 44.0 Å². The Balaban J connectivity index is 1.44. The van der Waals surface area contributed by atoms with Crippen molar-refractivity contribution in [3.05, 3.63) is 5.82 Å². The normalized spacial score (nSPS) is 27.2. The van der Waals surface area contributed by atoms with Crippen LogP contribution in [-0.2, 0) is 10.3 Å². The second kappa shape index (κ2) is 8.47. The van der Waals surface area contributed by atoms with Crippen LogP contribution in [-0.4, -0.2) is 63.1 Å². The van der Waals surface area contributed by atoms with E-state index in [2.05, 4.69) is 44.1 Å². The van der Waals surface area contributed by atoms with Gasteiger partial charge in [0.25, 0.3) is 0 Å². The highest BCUT2D eigenvalue weighted by molar-refractivity contribution is 5.76. The molecule has 0 aromatic carbocycles. The number of hydrogen-bond donors (Lipinski definition) is 0. The number of likely N-dealkylation sites (N-methyl/N-ethyl adjacent to an activating group) is 1. The van der Waals surface area contributed by atoms with E-state index in [4.69, 9.17) is 0 Å². The SMILES string of the molecule is CN(C)C1(c2nnnn2C2CCCC2)CCN(C(=O)CCC2CCCCC2)C1. The smallest absolute Gasteiger partial charge is 0.222 e. The van der Waals surface area contributed by atoms with Crippen molar-refractivity contribution in [1.29, 1.82) is 0 Å². The van der Waals surface area contributed by atoms with Crippen LogP contribution in [0.15, 0.2) is 0 Å². The molecule has 0 spiro atoms. The zero-order valence-corrected chi connectivity index (χ0v) is 17.6. The summed E-state index contributed by atoms with van der Waals surface area (Å²) >= 11 is 0. The van der Waals surface area contributed by atoms with Crippen molar-refractivity contribution in [2.75, 3.05) is 27.2 Å². The Hall–Kier alpha value is -1.50. The third-order valence-electron chi connectivity index (χ3n) is 7.53. The summed E-state index contributed by atoms with van der Waals surface area (Å²) in [6.45, 7) is 1.51. The quantitative estimate of drug-likeness (QED) is 0.749. The number of hydrogen-bond acceptors (Lipinski definition) is 5. The molecule has 2 saturated carbocycles. The van der Waals surface area contributed by atoms with Gasteiger partial charge in [0.05, 0.1) is 6.04 Å². The van der Waals surface area contributed by atoms with Gasteiger partial charge >= 0.3 is 0 Å². The van der Waals surface area contributed by atoms with Gasteiger partial charge < -0.3 is 4.90 Å². The lowest BCUT2D eigenvalue weighted by atomic mass is 9.86. The first-order valence-corrected chi connectivity index (χ1v) is 11.3. The molecule has 1 atom stereocenters. The highest BCUT2D eigenvalue weighted by atomic mass is 16.2. The van der Waals surface area contributed by atoms with Gasteiger partial charge in [0.2, 0.25) is 5.91 Å². The standard InChI is InChI=1S/C21H36N6O/c1-25(2)21(20-22-23-24-27(20)18-10-6-7-11-18)14-15-26(16-21)19(28)13-12-17-8-4-3-5-9-17/h17-18H,3-16H2,1-2H3. The fourth-order valence-electron chi connectivity index (χ4n) is 5.61. The molecule has 1 aliphatic heterocycles. The van der Waals surface area contributed by atoms with Gasteiger partial charge in [0.1, 0.15) is 5.54 Å². The summed E-state index contributed by atoms with van der Waals surface area (Å²) in [7, 11) is 4.20. The second-order valence-corrected chi connectivity index (χ2v) is 9.42. The van der Waals surface area contributed by atoms with Crippen molar-refractivity contribution < 1.29 is 4.79 Å². The lowest BCUT2D eigenvalue weighted by Gasteiger charge is -2.35. The van der Waals surface area contributed by atoms with Crippen molar-refractivity contribution in [1.82, 2.24) is 30.0 Å². The molecule has 4 rings (SSSR count). The Kier molecular flexibility index (Phi) is 5.99. The summed E-state index contributed by atoms with van der Waals surface area (Å²) in [6, 6.07) is 0.415. The molecular weight excluding hydrogens is 352 g/mol. The molecule has 7 heteroatoms. The van der Waals surface area contributed by atoms with Crippen LogP contribution >= 0.6 is 0 Å². The van der Waals surface area contributed by atoms with Crippen LogP contribution < -0.4 is 0 Å². The molecule has 3 fully saturated rings. The molecule has 0 bridgehead atoms. The lowest BCUT2D eigenvalue weighted by Crippen LogP contribution is -2.47. The monoisotopic (exact) mass is 388 g/mol. The average Bonchev–Trinajstić information content (AvgIpc) is 3.46. The molecule has 156 valence electrons. The minimum absolute atomic E-state index is 0.271. The van der Waals surface area contributed by atoms with Gasteiger partial charge in [0.15, 0.2) is 5.82 Å². The Morgan fingerprint density at radius 2 is 1.82 bits per heavy atom. The first-order chi connectivity index (χ1) is 13.6. The number of rotatable bonds is 6. The van der Waals surface area contributed by atoms with Gasteiger partial charge in [-0.1, -0.05) is 44.9 Å². The molecule has 1 aromatic heterocycles. The highest BCUT2D eigenvalue weighted by Crippen LogP contribution is 2.39. The van der Waals surface area contributed by atoms with Crippen LogP contribution in [0.4, 0.5) is 0 Å². The van der Waals surface area contributed by atoms with E-state index in [1.165, 1.54) is 44.9 Å². The minimum Gasteiger partial charge on any atom is -0.340 e. The summed E-state index contributed by atoms with van der Waals surface area (Å²) in [4.78, 5) is 17.3. The largest absolute Gasteiger partial charge is 0.340 e. The van der Waals surface area contributed by atoms with Crippen molar-refractivity contribution in [3.63, 3.8) is 0 Å². The number of tetrazole rings is 1. The second-order valence-electron chi connectivity index (χ2n) is 9.42. The topological polar surface area (TPSA) is 67.2 Å². The van der Waals surface area contributed by atoms with E-state index in [9.17, 15) is 4.79 Å². The Bertz CT molecular complexity index is 662. The van der Waals surface area contributed by atoms with Gasteiger partial charge in [-0.05, 0) is 56.1 Å². The summed E-state index contributed by atoms with van der Waals surface area (Å²) in [6.07, 6.45) is 14.2. The molecule has 3 aliphatic rings. The van der Waals surface area contributed by atoms with Crippen molar-refractivity contribution in [3.8, 4) is 0 Å². The van der Waals surface area contributed by atoms with Gasteiger partial charge in [-0.25, -0.2) is 4.68 Å². The first kappa shape index (κ1) is 19.8. The number of aromatic nitrogens is 4. The van der Waals surface area contributed by atoms with E-state index in [0.29, 0.717) is 24.9 Å². The summed E-state index contributed by atoms with van der Waals surface area (Å²) < 4.78 is 2.07. The van der Waals surface area contributed by atoms with Gasteiger partial charge in [-0.2, -0.15) is 0 Å². The van der Waals surface area contributed by atoms with E-state index in [1.54, 1.807) is 0 Å². The van der Waals surface area contributed by atoms with E-state index < -0.39 is 0 Å². The third kappa shape index (κ3) is 3.82. The van der Waals surface area contributed by atoms with Gasteiger partial charge in [-0.15, -0.1) is 5.10 Å².